The second-order valence-corrected chi connectivity index (χ2v) is 10.0. The number of nitrogens with one attached hydrogen (secondary N) is 1. The molecule has 0 spiro atoms. The molecule has 1 unspecified atom stereocenters. The van der Waals surface area contributed by atoms with Crippen LogP contribution in [0.25, 0.3) is 0 Å². The smallest absolute Gasteiger partial charge is 0.234 e. The maximum Gasteiger partial charge on any atom is 0.234 e. The lowest BCUT2D eigenvalue weighted by Crippen LogP contribution is -2.45. The second kappa shape index (κ2) is 10.1. The van der Waals surface area contributed by atoms with Gasteiger partial charge in [-0.15, -0.1) is 0 Å². The Balaban J connectivity index is 1.36. The molecule has 32 heavy (non-hydrogen) atoms. The van der Waals surface area contributed by atoms with Crippen molar-refractivity contribution in [2.75, 3.05) is 52.2 Å². The van der Waals surface area contributed by atoms with Gasteiger partial charge in [-0.3, -0.25) is 14.5 Å². The molecule has 4 rings (SSSR count). The van der Waals surface area contributed by atoms with Gasteiger partial charge in [0, 0.05) is 58.1 Å². The lowest BCUT2D eigenvalue weighted by molar-refractivity contribution is -0.126. The van der Waals surface area contributed by atoms with E-state index in [1.165, 1.54) is 19.3 Å². The molecule has 1 atom stereocenters. The van der Waals surface area contributed by atoms with Crippen LogP contribution in [0.4, 0.5) is 5.82 Å². The summed E-state index contributed by atoms with van der Waals surface area (Å²) in [7, 11) is 5.85. The fourth-order valence-electron chi connectivity index (χ4n) is 5.23. The van der Waals surface area contributed by atoms with Crippen LogP contribution in [0.5, 0.6) is 0 Å². The van der Waals surface area contributed by atoms with Crippen molar-refractivity contribution in [3.05, 3.63) is 17.6 Å². The Morgan fingerprint density at radius 3 is 2.44 bits per heavy atom. The summed E-state index contributed by atoms with van der Waals surface area (Å²) in [5.74, 6) is 2.57. The van der Waals surface area contributed by atoms with Crippen LogP contribution in [0.15, 0.2) is 6.07 Å². The Labute approximate surface area is 191 Å². The Morgan fingerprint density at radius 2 is 1.81 bits per heavy atom. The third-order valence-corrected chi connectivity index (χ3v) is 7.26. The standard InChI is InChI=1S/C24H38N6O2/c1-28(2)21-14-20(18-13-23(32)29(3)15-18)26-24(27-21)17-9-11-30(12-10-17)16-22(31)25-19-7-5-4-6-8-19/h14,17-19H,4-13,15-16H2,1-3H3,(H,25,31). The summed E-state index contributed by atoms with van der Waals surface area (Å²) in [4.78, 5) is 40.4. The van der Waals surface area contributed by atoms with Gasteiger partial charge in [0.15, 0.2) is 0 Å². The number of aromatic nitrogens is 2. The number of carbonyl (C=O) groups excluding carboxylic acids is 2. The van der Waals surface area contributed by atoms with Crippen molar-refractivity contribution in [2.24, 2.45) is 0 Å². The molecule has 8 nitrogen and oxygen atoms in total. The number of likely N-dealkylation sites (tertiary alicyclic amines) is 2. The van der Waals surface area contributed by atoms with E-state index < -0.39 is 0 Å². The van der Waals surface area contributed by atoms with Gasteiger partial charge in [-0.25, -0.2) is 9.97 Å². The average Bonchev–Trinajstić information content (AvgIpc) is 3.13. The minimum Gasteiger partial charge on any atom is -0.363 e. The average molecular weight is 443 g/mol. The van der Waals surface area contributed by atoms with E-state index in [0.29, 0.717) is 24.9 Å². The molecule has 1 aromatic heterocycles. The SMILES string of the molecule is CN1CC(c2cc(N(C)C)nc(C3CCN(CC(=O)NC4CCCCC4)CC3)n2)CC1=O. The number of carbonyl (C=O) groups is 2. The first-order chi connectivity index (χ1) is 15.4. The summed E-state index contributed by atoms with van der Waals surface area (Å²) in [6.07, 6.45) is 8.44. The van der Waals surface area contributed by atoms with E-state index in [0.717, 1.165) is 62.7 Å². The number of hydrogen-bond donors (Lipinski definition) is 1. The van der Waals surface area contributed by atoms with Crippen LogP contribution in [0.3, 0.4) is 0 Å². The molecule has 8 heteroatoms. The molecule has 0 bridgehead atoms. The van der Waals surface area contributed by atoms with Crippen molar-refractivity contribution in [1.82, 2.24) is 25.1 Å². The maximum absolute atomic E-state index is 12.5. The van der Waals surface area contributed by atoms with Gasteiger partial charge < -0.3 is 15.1 Å². The number of piperidine rings is 1. The highest BCUT2D eigenvalue weighted by atomic mass is 16.2. The van der Waals surface area contributed by atoms with E-state index in [9.17, 15) is 9.59 Å². The zero-order valence-corrected chi connectivity index (χ0v) is 19.8. The highest BCUT2D eigenvalue weighted by Crippen LogP contribution is 2.31. The number of likely N-dealkylation sites (N-methyl/N-ethyl adjacent to an activating group) is 1. The van der Waals surface area contributed by atoms with Crippen LogP contribution in [0.2, 0.25) is 0 Å². The molecular weight excluding hydrogens is 404 g/mol. The van der Waals surface area contributed by atoms with Crippen molar-refractivity contribution >= 4 is 17.6 Å². The van der Waals surface area contributed by atoms with Crippen molar-refractivity contribution in [2.45, 2.75) is 69.2 Å². The summed E-state index contributed by atoms with van der Waals surface area (Å²) in [5, 5.41) is 3.23. The summed E-state index contributed by atoms with van der Waals surface area (Å²) in [6, 6.07) is 2.40. The zero-order valence-electron chi connectivity index (χ0n) is 19.8. The Hall–Kier alpha value is -2.22. The summed E-state index contributed by atoms with van der Waals surface area (Å²) < 4.78 is 0. The van der Waals surface area contributed by atoms with E-state index in [4.69, 9.17) is 9.97 Å². The van der Waals surface area contributed by atoms with Crippen molar-refractivity contribution in [3.63, 3.8) is 0 Å². The predicted octanol–water partition coefficient (Wildman–Crippen LogP) is 2.12. The molecule has 3 fully saturated rings. The van der Waals surface area contributed by atoms with Crippen molar-refractivity contribution < 1.29 is 9.59 Å². The maximum atomic E-state index is 12.5. The molecule has 0 aromatic carbocycles. The minimum atomic E-state index is 0.136. The lowest BCUT2D eigenvalue weighted by Gasteiger charge is -2.32. The normalized spacial score (nSPS) is 23.5. The highest BCUT2D eigenvalue weighted by molar-refractivity contribution is 5.79. The fourth-order valence-corrected chi connectivity index (χ4v) is 5.23. The Kier molecular flexibility index (Phi) is 7.28. The van der Waals surface area contributed by atoms with Crippen molar-refractivity contribution in [1.29, 1.82) is 0 Å². The van der Waals surface area contributed by atoms with E-state index in [-0.39, 0.29) is 17.7 Å². The van der Waals surface area contributed by atoms with Crippen LogP contribution < -0.4 is 10.2 Å². The van der Waals surface area contributed by atoms with Crippen LogP contribution in [-0.2, 0) is 9.59 Å². The van der Waals surface area contributed by atoms with Gasteiger partial charge in [-0.1, -0.05) is 19.3 Å². The molecule has 2 saturated heterocycles. The quantitative estimate of drug-likeness (QED) is 0.727. The van der Waals surface area contributed by atoms with E-state index in [2.05, 4.69) is 10.2 Å². The van der Waals surface area contributed by atoms with Gasteiger partial charge in [0.05, 0.1) is 12.2 Å². The number of rotatable bonds is 6. The number of hydrogen-bond acceptors (Lipinski definition) is 6. The van der Waals surface area contributed by atoms with E-state index in [1.54, 1.807) is 4.90 Å². The number of anilines is 1. The molecule has 1 aliphatic carbocycles. The predicted molar refractivity (Wildman–Crippen MR) is 125 cm³/mol. The molecule has 3 aliphatic rings. The largest absolute Gasteiger partial charge is 0.363 e. The summed E-state index contributed by atoms with van der Waals surface area (Å²) >= 11 is 0. The zero-order chi connectivity index (χ0) is 22.7. The Morgan fingerprint density at radius 1 is 1.09 bits per heavy atom. The number of nitrogens with zero attached hydrogens (tertiary/aromatic N) is 5. The van der Waals surface area contributed by atoms with Gasteiger partial charge in [-0.05, 0) is 38.8 Å². The van der Waals surface area contributed by atoms with E-state index >= 15 is 0 Å². The third-order valence-electron chi connectivity index (χ3n) is 7.26. The molecule has 1 aromatic rings. The van der Waals surface area contributed by atoms with Gasteiger partial charge in [0.25, 0.3) is 0 Å². The molecule has 1 saturated carbocycles. The van der Waals surface area contributed by atoms with Crippen LogP contribution in [-0.4, -0.2) is 84.9 Å². The van der Waals surface area contributed by atoms with Crippen LogP contribution in [0, 0.1) is 0 Å². The Bertz CT molecular complexity index is 815. The fraction of sp³-hybridized carbons (Fsp3) is 0.750. The molecule has 2 amide bonds. The first kappa shape index (κ1) is 23.0. The van der Waals surface area contributed by atoms with Crippen molar-refractivity contribution in [3.8, 4) is 0 Å². The molecule has 0 radical (unpaired) electrons. The van der Waals surface area contributed by atoms with Crippen LogP contribution >= 0.6 is 0 Å². The minimum absolute atomic E-state index is 0.136. The molecule has 1 N–H and O–H groups in total. The topological polar surface area (TPSA) is 81.7 Å². The van der Waals surface area contributed by atoms with Gasteiger partial charge in [-0.2, -0.15) is 0 Å². The monoisotopic (exact) mass is 442 g/mol. The van der Waals surface area contributed by atoms with Gasteiger partial charge in [0.2, 0.25) is 11.8 Å². The highest BCUT2D eigenvalue weighted by Gasteiger charge is 2.31. The van der Waals surface area contributed by atoms with E-state index in [1.807, 2.05) is 32.1 Å². The first-order valence-electron chi connectivity index (χ1n) is 12.2. The van der Waals surface area contributed by atoms with Gasteiger partial charge >= 0.3 is 0 Å². The second-order valence-electron chi connectivity index (χ2n) is 10.0. The van der Waals surface area contributed by atoms with Gasteiger partial charge in [0.1, 0.15) is 11.6 Å². The summed E-state index contributed by atoms with van der Waals surface area (Å²) in [6.45, 7) is 2.98. The molecule has 2 aliphatic heterocycles. The lowest BCUT2D eigenvalue weighted by atomic mass is 9.94. The van der Waals surface area contributed by atoms with Crippen LogP contribution in [0.1, 0.15) is 74.7 Å². The molecule has 176 valence electrons. The number of amides is 2. The molecular formula is C24H38N6O2. The molecule has 3 heterocycles. The first-order valence-corrected chi connectivity index (χ1v) is 12.2. The summed E-state index contributed by atoms with van der Waals surface area (Å²) in [5.41, 5.74) is 0.977. The third kappa shape index (κ3) is 5.57.